The molecular formula is C38H31NO2. The zero-order valence-corrected chi connectivity index (χ0v) is 22.7. The summed E-state index contributed by atoms with van der Waals surface area (Å²) < 4.78 is 13.7. The number of ether oxygens (including phenoxy) is 2. The monoisotopic (exact) mass is 533 g/mol. The molecular weight excluding hydrogens is 502 g/mol. The Kier molecular flexibility index (Phi) is 5.18. The molecule has 0 radical (unpaired) electrons. The van der Waals surface area contributed by atoms with E-state index in [1.807, 2.05) is 0 Å². The lowest BCUT2D eigenvalue weighted by Crippen LogP contribution is -2.34. The summed E-state index contributed by atoms with van der Waals surface area (Å²) >= 11 is 0. The SMILES string of the molecule is C1=CC2OC3CC(c4c5ccccc5c(C5=CCNC=C5)c5ccccc45)C=C4c5ccccc5OC4C3C2C=C1. The zero-order chi connectivity index (χ0) is 26.9. The molecule has 3 nitrogen and oxygen atoms in total. The lowest BCUT2D eigenvalue weighted by Gasteiger charge is -2.27. The first-order chi connectivity index (χ1) is 20.3. The lowest BCUT2D eigenvalue weighted by molar-refractivity contribution is 0.0354. The molecule has 1 saturated heterocycles. The van der Waals surface area contributed by atoms with E-state index in [9.17, 15) is 0 Å². The van der Waals surface area contributed by atoms with E-state index in [0.29, 0.717) is 5.92 Å². The smallest absolute Gasteiger partial charge is 0.130 e. The minimum atomic E-state index is -0.00427. The average Bonchev–Trinajstić information content (AvgIpc) is 3.52. The summed E-state index contributed by atoms with van der Waals surface area (Å²) in [5.74, 6) is 1.77. The summed E-state index contributed by atoms with van der Waals surface area (Å²) in [5.41, 5.74) is 6.56. The Morgan fingerprint density at radius 3 is 2.29 bits per heavy atom. The van der Waals surface area contributed by atoms with Gasteiger partial charge in [-0.05, 0) is 63.0 Å². The van der Waals surface area contributed by atoms with E-state index in [1.54, 1.807) is 0 Å². The van der Waals surface area contributed by atoms with Crippen LogP contribution in [0.15, 0.2) is 122 Å². The van der Waals surface area contributed by atoms with Crippen molar-refractivity contribution in [1.82, 2.24) is 5.32 Å². The van der Waals surface area contributed by atoms with Crippen LogP contribution in [0.1, 0.15) is 29.0 Å². The van der Waals surface area contributed by atoms with Crippen molar-refractivity contribution >= 4 is 32.7 Å². The fourth-order valence-electron chi connectivity index (χ4n) is 8.12. The highest BCUT2D eigenvalue weighted by Crippen LogP contribution is 2.54. The van der Waals surface area contributed by atoms with Crippen LogP contribution in [0, 0.1) is 11.8 Å². The predicted molar refractivity (Wildman–Crippen MR) is 167 cm³/mol. The van der Waals surface area contributed by atoms with E-state index < -0.39 is 0 Å². The van der Waals surface area contributed by atoms with E-state index in [-0.39, 0.29) is 30.1 Å². The molecule has 2 aliphatic carbocycles. The van der Waals surface area contributed by atoms with Gasteiger partial charge in [0.25, 0.3) is 0 Å². The van der Waals surface area contributed by atoms with Crippen LogP contribution in [0.25, 0.3) is 32.7 Å². The van der Waals surface area contributed by atoms with Gasteiger partial charge in [0.05, 0.1) is 12.2 Å². The average molecular weight is 534 g/mol. The number of para-hydroxylation sites is 1. The van der Waals surface area contributed by atoms with Crippen molar-refractivity contribution in [1.29, 1.82) is 0 Å². The van der Waals surface area contributed by atoms with Gasteiger partial charge in [-0.25, -0.2) is 0 Å². The first kappa shape index (κ1) is 23.4. The first-order valence-electron chi connectivity index (χ1n) is 14.9. The van der Waals surface area contributed by atoms with Crippen molar-refractivity contribution < 1.29 is 9.47 Å². The molecule has 9 rings (SSSR count). The highest BCUT2D eigenvalue weighted by atomic mass is 16.5. The van der Waals surface area contributed by atoms with Crippen molar-refractivity contribution in [2.45, 2.75) is 30.7 Å². The second-order valence-electron chi connectivity index (χ2n) is 11.8. The van der Waals surface area contributed by atoms with E-state index in [2.05, 4.69) is 127 Å². The third-order valence-corrected chi connectivity index (χ3v) is 9.76. The van der Waals surface area contributed by atoms with Crippen molar-refractivity contribution in [2.24, 2.45) is 11.8 Å². The Labute approximate surface area is 240 Å². The van der Waals surface area contributed by atoms with Gasteiger partial charge < -0.3 is 14.8 Å². The second kappa shape index (κ2) is 9.09. The largest absolute Gasteiger partial charge is 0.485 e. The van der Waals surface area contributed by atoms with Crippen LogP contribution in [-0.4, -0.2) is 24.9 Å². The number of hydrogen-bond acceptors (Lipinski definition) is 3. The molecule has 3 heteroatoms. The molecule has 1 fully saturated rings. The van der Waals surface area contributed by atoms with Crippen molar-refractivity contribution in [3.8, 4) is 5.75 Å². The third kappa shape index (κ3) is 3.49. The van der Waals surface area contributed by atoms with Gasteiger partial charge in [0.2, 0.25) is 0 Å². The van der Waals surface area contributed by atoms with Crippen molar-refractivity contribution in [3.63, 3.8) is 0 Å². The summed E-state index contributed by atoms with van der Waals surface area (Å²) in [7, 11) is 0. The summed E-state index contributed by atoms with van der Waals surface area (Å²) in [4.78, 5) is 0. The molecule has 4 aromatic carbocycles. The molecule has 4 aromatic rings. The van der Waals surface area contributed by atoms with Crippen molar-refractivity contribution in [3.05, 3.63) is 138 Å². The molecule has 0 bridgehead atoms. The number of dihydropyridines is 1. The molecule has 41 heavy (non-hydrogen) atoms. The minimum absolute atomic E-state index is 0.00427. The molecule has 3 heterocycles. The molecule has 0 saturated carbocycles. The summed E-state index contributed by atoms with van der Waals surface area (Å²) in [6.07, 6.45) is 19.2. The number of rotatable bonds is 2. The standard InChI is InChI=1S/C38H31NO2/c1-3-12-28-26(10-1)35(23-17-19-39-20-18-23)27-11-2-4-13-29(27)36(28)24-21-31-25-9-5-7-15-32(25)41-38(31)37-30-14-6-8-16-33(30)40-34(37)22-24/h1-19,21,24,30,33-34,37-39H,20,22H2. The Morgan fingerprint density at radius 1 is 0.780 bits per heavy atom. The van der Waals surface area contributed by atoms with E-state index >= 15 is 0 Å². The van der Waals surface area contributed by atoms with Crippen LogP contribution in [0.4, 0.5) is 0 Å². The van der Waals surface area contributed by atoms with Gasteiger partial charge in [0, 0.05) is 35.4 Å². The van der Waals surface area contributed by atoms with Crippen LogP contribution in [0.3, 0.4) is 0 Å². The zero-order valence-electron chi connectivity index (χ0n) is 22.7. The van der Waals surface area contributed by atoms with Crippen LogP contribution in [0.2, 0.25) is 0 Å². The van der Waals surface area contributed by atoms with Crippen molar-refractivity contribution in [2.75, 3.05) is 6.54 Å². The number of allylic oxidation sites excluding steroid dienone is 5. The molecule has 0 amide bonds. The molecule has 200 valence electrons. The fourth-order valence-corrected chi connectivity index (χ4v) is 8.12. The van der Waals surface area contributed by atoms with Gasteiger partial charge in [-0.2, -0.15) is 0 Å². The number of hydrogen-bond donors (Lipinski definition) is 1. The predicted octanol–water partition coefficient (Wildman–Crippen LogP) is 7.95. The van der Waals surface area contributed by atoms with E-state index in [1.165, 1.54) is 49.4 Å². The van der Waals surface area contributed by atoms with E-state index in [0.717, 1.165) is 18.7 Å². The third-order valence-electron chi connectivity index (χ3n) is 9.76. The Bertz CT molecular complexity index is 1820. The van der Waals surface area contributed by atoms with Gasteiger partial charge in [-0.3, -0.25) is 0 Å². The Balaban J connectivity index is 1.30. The normalized spacial score (nSPS) is 29.1. The Hall–Kier alpha value is -4.34. The van der Waals surface area contributed by atoms with Gasteiger partial charge in [-0.1, -0.05) is 103 Å². The second-order valence-corrected chi connectivity index (χ2v) is 11.8. The van der Waals surface area contributed by atoms with Crippen LogP contribution in [0.5, 0.6) is 5.75 Å². The Morgan fingerprint density at radius 2 is 1.51 bits per heavy atom. The molecule has 1 N–H and O–H groups in total. The number of benzene rings is 4. The molecule has 3 aliphatic heterocycles. The van der Waals surface area contributed by atoms with Gasteiger partial charge in [0.15, 0.2) is 0 Å². The fraction of sp³-hybridized carbons (Fsp3) is 0.211. The number of fused-ring (bicyclic) bond motifs is 9. The minimum Gasteiger partial charge on any atom is -0.485 e. The topological polar surface area (TPSA) is 30.5 Å². The quantitative estimate of drug-likeness (QED) is 0.265. The van der Waals surface area contributed by atoms with Gasteiger partial charge >= 0.3 is 0 Å². The lowest BCUT2D eigenvalue weighted by atomic mass is 9.78. The van der Waals surface area contributed by atoms with Crippen LogP contribution in [-0.2, 0) is 4.74 Å². The molecule has 0 aromatic heterocycles. The maximum Gasteiger partial charge on any atom is 0.130 e. The molecule has 6 atom stereocenters. The van der Waals surface area contributed by atoms with Gasteiger partial charge in [0.1, 0.15) is 11.9 Å². The molecule has 5 aliphatic rings. The van der Waals surface area contributed by atoms with Crippen LogP contribution >= 0.6 is 0 Å². The maximum atomic E-state index is 6.87. The highest BCUT2D eigenvalue weighted by molar-refractivity contribution is 6.13. The molecule has 6 unspecified atom stereocenters. The highest BCUT2D eigenvalue weighted by Gasteiger charge is 2.52. The van der Waals surface area contributed by atoms with E-state index in [4.69, 9.17) is 9.47 Å². The summed E-state index contributed by atoms with van der Waals surface area (Å²) in [6.45, 7) is 0.845. The summed E-state index contributed by atoms with van der Waals surface area (Å²) in [5, 5.41) is 8.60. The maximum absolute atomic E-state index is 6.87. The summed E-state index contributed by atoms with van der Waals surface area (Å²) in [6, 6.07) is 26.6. The molecule has 0 spiro atoms. The van der Waals surface area contributed by atoms with Gasteiger partial charge in [-0.15, -0.1) is 0 Å². The number of nitrogens with one attached hydrogen (secondary N) is 1. The van der Waals surface area contributed by atoms with Crippen LogP contribution < -0.4 is 10.1 Å². The first-order valence-corrected chi connectivity index (χ1v) is 14.9.